The van der Waals surface area contributed by atoms with Crippen molar-refractivity contribution < 1.29 is 14.4 Å². The number of carbonyl (C=O) groups is 3. The van der Waals surface area contributed by atoms with Crippen molar-refractivity contribution in [3.63, 3.8) is 0 Å². The van der Waals surface area contributed by atoms with Crippen molar-refractivity contribution in [2.24, 2.45) is 5.92 Å². The minimum absolute atomic E-state index is 0.0298. The second-order valence-corrected chi connectivity index (χ2v) is 7.76. The van der Waals surface area contributed by atoms with Crippen LogP contribution in [-0.2, 0) is 16.1 Å². The Kier molecular flexibility index (Phi) is 5.98. The first-order valence-electron chi connectivity index (χ1n) is 9.63. The number of benzene rings is 1. The third kappa shape index (κ3) is 4.99. The third-order valence-corrected chi connectivity index (χ3v) is 5.03. The molecule has 7 heteroatoms. The summed E-state index contributed by atoms with van der Waals surface area (Å²) in [5, 5.41) is 5.88. The molecule has 0 unspecified atom stereocenters. The first kappa shape index (κ1) is 19.2. The molecule has 2 aliphatic heterocycles. The number of anilines is 1. The number of urea groups is 1. The van der Waals surface area contributed by atoms with Crippen molar-refractivity contribution in [2.75, 3.05) is 25.0 Å². The van der Waals surface area contributed by atoms with Crippen LogP contribution in [-0.4, -0.2) is 53.3 Å². The smallest absolute Gasteiger partial charge is 0.318 e. The molecule has 0 radical (unpaired) electrons. The summed E-state index contributed by atoms with van der Waals surface area (Å²) in [6.45, 7) is 5.85. The van der Waals surface area contributed by atoms with Crippen LogP contribution in [0.3, 0.4) is 0 Å². The van der Waals surface area contributed by atoms with Gasteiger partial charge in [-0.1, -0.05) is 32.0 Å². The first-order valence-corrected chi connectivity index (χ1v) is 9.63. The standard InChI is InChI=1S/C20H28N4O3/c1-14(2)11-19(26)23-9-7-16(8-10-23)21-20(27)24-12-15-5-3-4-6-17(15)22-18(25)13-24/h3-6,14,16H,7-13H2,1-2H3,(H,21,27)(H,22,25). The number of likely N-dealkylation sites (tertiary alicyclic amines) is 1. The second-order valence-electron chi connectivity index (χ2n) is 7.76. The highest BCUT2D eigenvalue weighted by Crippen LogP contribution is 2.21. The Balaban J connectivity index is 1.54. The van der Waals surface area contributed by atoms with E-state index in [9.17, 15) is 14.4 Å². The number of para-hydroxylation sites is 1. The Morgan fingerprint density at radius 2 is 1.85 bits per heavy atom. The van der Waals surface area contributed by atoms with Gasteiger partial charge >= 0.3 is 6.03 Å². The van der Waals surface area contributed by atoms with E-state index in [4.69, 9.17) is 0 Å². The molecule has 1 aromatic rings. The molecule has 0 aromatic heterocycles. The molecule has 0 saturated carbocycles. The molecule has 1 fully saturated rings. The van der Waals surface area contributed by atoms with E-state index in [-0.39, 0.29) is 30.4 Å². The summed E-state index contributed by atoms with van der Waals surface area (Å²) < 4.78 is 0. The van der Waals surface area contributed by atoms with E-state index in [0.717, 1.165) is 24.1 Å². The zero-order valence-corrected chi connectivity index (χ0v) is 16.0. The normalized spacial score (nSPS) is 18.0. The van der Waals surface area contributed by atoms with Crippen molar-refractivity contribution >= 4 is 23.5 Å². The lowest BCUT2D eigenvalue weighted by atomic mass is 10.0. The largest absolute Gasteiger partial charge is 0.343 e. The van der Waals surface area contributed by atoms with E-state index in [1.54, 1.807) is 0 Å². The van der Waals surface area contributed by atoms with E-state index >= 15 is 0 Å². The van der Waals surface area contributed by atoms with Gasteiger partial charge in [0.2, 0.25) is 11.8 Å². The SMILES string of the molecule is CC(C)CC(=O)N1CCC(NC(=O)N2CC(=O)Nc3ccccc3C2)CC1. The van der Waals surface area contributed by atoms with E-state index in [1.165, 1.54) is 4.90 Å². The molecule has 4 amide bonds. The molecule has 0 spiro atoms. The Morgan fingerprint density at radius 1 is 1.15 bits per heavy atom. The van der Waals surface area contributed by atoms with E-state index in [2.05, 4.69) is 10.6 Å². The summed E-state index contributed by atoms with van der Waals surface area (Å²) in [6.07, 6.45) is 2.05. The zero-order valence-electron chi connectivity index (χ0n) is 16.0. The van der Waals surface area contributed by atoms with Crippen molar-refractivity contribution in [2.45, 2.75) is 45.7 Å². The predicted molar refractivity (Wildman–Crippen MR) is 103 cm³/mol. The van der Waals surface area contributed by atoms with Crippen LogP contribution in [0.25, 0.3) is 0 Å². The molecule has 0 bridgehead atoms. The topological polar surface area (TPSA) is 81.8 Å². The highest BCUT2D eigenvalue weighted by Gasteiger charge is 2.27. The Labute approximate surface area is 160 Å². The number of nitrogens with one attached hydrogen (secondary N) is 2. The zero-order chi connectivity index (χ0) is 19.4. The Bertz CT molecular complexity index is 711. The molecule has 1 aromatic carbocycles. The molecule has 7 nitrogen and oxygen atoms in total. The summed E-state index contributed by atoms with van der Waals surface area (Å²) in [7, 11) is 0. The summed E-state index contributed by atoms with van der Waals surface area (Å²) in [5.74, 6) is 0.353. The fourth-order valence-electron chi connectivity index (χ4n) is 3.57. The summed E-state index contributed by atoms with van der Waals surface area (Å²) in [6, 6.07) is 7.33. The quantitative estimate of drug-likeness (QED) is 0.853. The van der Waals surface area contributed by atoms with Crippen LogP contribution >= 0.6 is 0 Å². The minimum Gasteiger partial charge on any atom is -0.343 e. The highest BCUT2D eigenvalue weighted by molar-refractivity contribution is 5.96. The van der Waals surface area contributed by atoms with Crippen molar-refractivity contribution in [3.8, 4) is 0 Å². The molecule has 2 N–H and O–H groups in total. The fourth-order valence-corrected chi connectivity index (χ4v) is 3.57. The monoisotopic (exact) mass is 372 g/mol. The van der Waals surface area contributed by atoms with Crippen LogP contribution in [0.1, 0.15) is 38.7 Å². The molecule has 2 aliphatic rings. The van der Waals surface area contributed by atoms with Crippen molar-refractivity contribution in [3.05, 3.63) is 29.8 Å². The van der Waals surface area contributed by atoms with Crippen LogP contribution < -0.4 is 10.6 Å². The molecular formula is C20H28N4O3. The Hall–Kier alpha value is -2.57. The van der Waals surface area contributed by atoms with Gasteiger partial charge in [0.05, 0.1) is 6.54 Å². The van der Waals surface area contributed by atoms with Crippen LogP contribution in [0.2, 0.25) is 0 Å². The summed E-state index contributed by atoms with van der Waals surface area (Å²) in [5.41, 5.74) is 1.68. The maximum atomic E-state index is 12.7. The van der Waals surface area contributed by atoms with Gasteiger partial charge in [0.25, 0.3) is 0 Å². The number of rotatable bonds is 3. The third-order valence-electron chi connectivity index (χ3n) is 5.03. The molecule has 146 valence electrons. The molecule has 0 aliphatic carbocycles. The van der Waals surface area contributed by atoms with Gasteiger partial charge in [-0.05, 0) is 30.4 Å². The van der Waals surface area contributed by atoms with Gasteiger partial charge in [-0.25, -0.2) is 4.79 Å². The van der Waals surface area contributed by atoms with Crippen molar-refractivity contribution in [1.29, 1.82) is 0 Å². The maximum absolute atomic E-state index is 12.7. The van der Waals surface area contributed by atoms with Gasteiger partial charge < -0.3 is 20.4 Å². The number of amides is 4. The van der Waals surface area contributed by atoms with Crippen LogP contribution in [0.4, 0.5) is 10.5 Å². The molecule has 27 heavy (non-hydrogen) atoms. The number of fused-ring (bicyclic) bond motifs is 1. The van der Waals surface area contributed by atoms with Gasteiger partial charge in [-0.15, -0.1) is 0 Å². The van der Waals surface area contributed by atoms with Gasteiger partial charge in [0.1, 0.15) is 6.54 Å². The number of piperidine rings is 1. The van der Waals surface area contributed by atoms with Gasteiger partial charge in [-0.3, -0.25) is 9.59 Å². The number of hydrogen-bond donors (Lipinski definition) is 2. The molecule has 1 saturated heterocycles. The summed E-state index contributed by atoms with van der Waals surface area (Å²) >= 11 is 0. The van der Waals surface area contributed by atoms with E-state index < -0.39 is 0 Å². The van der Waals surface area contributed by atoms with Gasteiger partial charge in [0, 0.05) is 31.2 Å². The lowest BCUT2D eigenvalue weighted by Crippen LogP contribution is -2.50. The number of carbonyl (C=O) groups excluding carboxylic acids is 3. The fraction of sp³-hybridized carbons (Fsp3) is 0.550. The van der Waals surface area contributed by atoms with E-state index in [1.807, 2.05) is 43.0 Å². The van der Waals surface area contributed by atoms with Crippen LogP contribution in [0.15, 0.2) is 24.3 Å². The maximum Gasteiger partial charge on any atom is 0.318 e. The lowest BCUT2D eigenvalue weighted by Gasteiger charge is -2.34. The molecule has 0 atom stereocenters. The van der Waals surface area contributed by atoms with Crippen LogP contribution in [0, 0.1) is 5.92 Å². The van der Waals surface area contributed by atoms with Crippen LogP contribution in [0.5, 0.6) is 0 Å². The molecular weight excluding hydrogens is 344 g/mol. The second kappa shape index (κ2) is 8.41. The predicted octanol–water partition coefficient (Wildman–Crippen LogP) is 2.19. The average Bonchev–Trinajstić information content (AvgIpc) is 2.79. The summed E-state index contributed by atoms with van der Waals surface area (Å²) in [4.78, 5) is 40.4. The van der Waals surface area contributed by atoms with Gasteiger partial charge in [0.15, 0.2) is 0 Å². The average molecular weight is 372 g/mol. The minimum atomic E-state index is -0.228. The lowest BCUT2D eigenvalue weighted by molar-refractivity contribution is -0.133. The van der Waals surface area contributed by atoms with Crippen molar-refractivity contribution in [1.82, 2.24) is 15.1 Å². The highest BCUT2D eigenvalue weighted by atomic mass is 16.2. The number of nitrogens with zero attached hydrogens (tertiary/aromatic N) is 2. The first-order chi connectivity index (χ1) is 12.9. The Morgan fingerprint density at radius 3 is 2.56 bits per heavy atom. The van der Waals surface area contributed by atoms with Gasteiger partial charge in [-0.2, -0.15) is 0 Å². The molecule has 2 heterocycles. The number of hydrogen-bond acceptors (Lipinski definition) is 3. The van der Waals surface area contributed by atoms with E-state index in [0.29, 0.717) is 32.0 Å². The molecule has 3 rings (SSSR count).